The molecule has 5 heterocycles. The number of fused-ring (bicyclic) bond motifs is 1. The van der Waals surface area contributed by atoms with Crippen LogP contribution in [0, 0.1) is 5.92 Å². The lowest BCUT2D eigenvalue weighted by Crippen LogP contribution is -2.40. The molecule has 2 N–H and O–H groups in total. The van der Waals surface area contributed by atoms with Gasteiger partial charge in [0.1, 0.15) is 11.7 Å². The third-order valence-electron chi connectivity index (χ3n) is 9.18. The van der Waals surface area contributed by atoms with Gasteiger partial charge >= 0.3 is 6.18 Å². The Kier molecular flexibility index (Phi) is 7.23. The smallest absolute Gasteiger partial charge is 0.344 e. The van der Waals surface area contributed by atoms with Gasteiger partial charge in [-0.05, 0) is 73.4 Å². The highest BCUT2D eigenvalue weighted by molar-refractivity contribution is 5.93. The second-order valence-corrected chi connectivity index (χ2v) is 12.4. The van der Waals surface area contributed by atoms with Gasteiger partial charge in [0.25, 0.3) is 5.91 Å². The predicted molar refractivity (Wildman–Crippen MR) is 146 cm³/mol. The predicted octanol–water partition coefficient (Wildman–Crippen LogP) is 4.01. The fourth-order valence-corrected chi connectivity index (χ4v) is 6.55. The summed E-state index contributed by atoms with van der Waals surface area (Å²) in [6.07, 6.45) is 0.218. The van der Waals surface area contributed by atoms with Crippen LogP contribution in [0.25, 0.3) is 5.65 Å². The van der Waals surface area contributed by atoms with E-state index < -0.39 is 47.8 Å². The van der Waals surface area contributed by atoms with E-state index in [0.29, 0.717) is 17.0 Å². The van der Waals surface area contributed by atoms with Crippen LogP contribution < -0.4 is 10.6 Å². The summed E-state index contributed by atoms with van der Waals surface area (Å²) in [5.41, 5.74) is -0.0280. The summed E-state index contributed by atoms with van der Waals surface area (Å²) in [7, 11) is 0. The SMILES string of the molecule is O=C(N[C@H](c1cn2ncc(C[C@@]3(c4cccnn4)C[C@@H](C(F)(F)F)NC3=O)cc2n1)C1CCC(F)(F)CC1)c1nonc1C1CC1. The van der Waals surface area contributed by atoms with Gasteiger partial charge in [-0.25, -0.2) is 22.9 Å². The van der Waals surface area contributed by atoms with Crippen LogP contribution in [-0.2, 0) is 16.6 Å². The minimum absolute atomic E-state index is 0.0409. The number of alkyl halides is 5. The van der Waals surface area contributed by atoms with E-state index >= 15 is 0 Å². The highest BCUT2D eigenvalue weighted by Gasteiger charge is 2.57. The Morgan fingerprint density at radius 2 is 1.96 bits per heavy atom. The second-order valence-electron chi connectivity index (χ2n) is 12.4. The van der Waals surface area contributed by atoms with Crippen molar-refractivity contribution in [1.82, 2.24) is 45.7 Å². The first-order valence-electron chi connectivity index (χ1n) is 14.9. The van der Waals surface area contributed by atoms with Gasteiger partial charge in [0.2, 0.25) is 11.8 Å². The lowest BCUT2D eigenvalue weighted by molar-refractivity contribution is -0.155. The van der Waals surface area contributed by atoms with Crippen molar-refractivity contribution in [1.29, 1.82) is 0 Å². The molecular formula is C29H28F5N9O3. The first kappa shape index (κ1) is 30.1. The Balaban J connectivity index is 1.20. The van der Waals surface area contributed by atoms with Crippen LogP contribution in [-0.4, -0.2) is 65.1 Å². The number of hydrogen-bond acceptors (Lipinski definition) is 9. The second kappa shape index (κ2) is 11.0. The minimum Gasteiger partial charge on any atom is -0.344 e. The average molecular weight is 646 g/mol. The van der Waals surface area contributed by atoms with Gasteiger partial charge in [-0.3, -0.25) is 9.59 Å². The van der Waals surface area contributed by atoms with E-state index in [4.69, 9.17) is 4.63 Å². The molecule has 46 heavy (non-hydrogen) atoms. The third-order valence-corrected chi connectivity index (χ3v) is 9.18. The molecule has 3 fully saturated rings. The monoisotopic (exact) mass is 645 g/mol. The fourth-order valence-electron chi connectivity index (χ4n) is 6.55. The Hall–Kier alpha value is -4.57. The summed E-state index contributed by atoms with van der Waals surface area (Å²) in [4.78, 5) is 31.2. The first-order valence-corrected chi connectivity index (χ1v) is 14.9. The van der Waals surface area contributed by atoms with Crippen LogP contribution in [0.5, 0.6) is 0 Å². The highest BCUT2D eigenvalue weighted by atomic mass is 19.4. The largest absolute Gasteiger partial charge is 0.408 e. The van der Waals surface area contributed by atoms with Gasteiger partial charge in [-0.1, -0.05) is 5.16 Å². The maximum Gasteiger partial charge on any atom is 0.408 e. The van der Waals surface area contributed by atoms with Crippen molar-refractivity contribution in [3.8, 4) is 0 Å². The zero-order valence-corrected chi connectivity index (χ0v) is 24.2. The lowest BCUT2D eigenvalue weighted by atomic mass is 9.76. The van der Waals surface area contributed by atoms with Gasteiger partial charge in [-0.15, -0.1) is 0 Å². The molecule has 0 spiro atoms. The summed E-state index contributed by atoms with van der Waals surface area (Å²) >= 11 is 0. The molecular weight excluding hydrogens is 617 g/mol. The topological polar surface area (TPSA) is 153 Å². The van der Waals surface area contributed by atoms with Crippen molar-refractivity contribution in [3.63, 3.8) is 0 Å². The molecule has 2 aliphatic carbocycles. The number of nitrogens with one attached hydrogen (secondary N) is 2. The number of amides is 2. The molecule has 2 amide bonds. The molecule has 7 rings (SSSR count). The van der Waals surface area contributed by atoms with Gasteiger partial charge in [0, 0.05) is 25.0 Å². The number of rotatable bonds is 8. The Labute approximate surface area is 257 Å². The van der Waals surface area contributed by atoms with E-state index in [-0.39, 0.29) is 61.0 Å². The van der Waals surface area contributed by atoms with Crippen LogP contribution in [0.4, 0.5) is 22.0 Å². The number of hydrogen-bond donors (Lipinski definition) is 2. The van der Waals surface area contributed by atoms with Crippen molar-refractivity contribution in [2.24, 2.45) is 5.92 Å². The summed E-state index contributed by atoms with van der Waals surface area (Å²) in [6.45, 7) is 0. The Morgan fingerprint density at radius 1 is 1.17 bits per heavy atom. The molecule has 0 bridgehead atoms. The van der Waals surface area contributed by atoms with E-state index in [1.54, 1.807) is 12.3 Å². The minimum atomic E-state index is -4.66. The highest BCUT2D eigenvalue weighted by Crippen LogP contribution is 2.44. The Morgan fingerprint density at radius 3 is 2.63 bits per heavy atom. The van der Waals surface area contributed by atoms with Gasteiger partial charge in [0.05, 0.1) is 35.2 Å². The molecule has 0 radical (unpaired) electrons. The normalized spacial score (nSPS) is 24.2. The standard InChI is InChI=1S/C29H28F5N9O3/c30-28(31)7-5-17(6-8-28)22(39-25(44)24-23(16-3-4-16)41-46-42-24)18-14-43-21(37-18)10-15(13-36-43)11-27(19-2-1-9-35-40-19)12-20(29(32,33)34)38-26(27)45/h1-2,9-10,13-14,16-17,20,22H,3-8,11-12H2,(H,38,45)(H,39,44)/t20-,22-,27-/m0/s1. The van der Waals surface area contributed by atoms with E-state index in [9.17, 15) is 31.5 Å². The molecule has 242 valence electrons. The van der Waals surface area contributed by atoms with E-state index in [0.717, 1.165) is 12.8 Å². The maximum atomic E-state index is 14.1. The molecule has 17 heteroatoms. The third kappa shape index (κ3) is 5.66. The van der Waals surface area contributed by atoms with E-state index in [2.05, 4.69) is 41.2 Å². The first-order chi connectivity index (χ1) is 21.9. The van der Waals surface area contributed by atoms with Crippen LogP contribution >= 0.6 is 0 Å². The van der Waals surface area contributed by atoms with Crippen molar-refractivity contribution < 1.29 is 36.2 Å². The fraction of sp³-hybridized carbons (Fsp3) is 0.517. The van der Waals surface area contributed by atoms with Crippen LogP contribution in [0.3, 0.4) is 0 Å². The van der Waals surface area contributed by atoms with Crippen molar-refractivity contribution >= 4 is 17.5 Å². The number of aromatic nitrogens is 7. The molecule has 1 aliphatic heterocycles. The van der Waals surface area contributed by atoms with Gasteiger partial charge < -0.3 is 10.6 Å². The summed E-state index contributed by atoms with van der Waals surface area (Å²) in [6, 6.07) is 1.70. The average Bonchev–Trinajstić information content (AvgIpc) is 3.42. The number of nitrogens with zero attached hydrogens (tertiary/aromatic N) is 7. The quantitative estimate of drug-likeness (QED) is 0.271. The molecule has 4 aromatic rings. The summed E-state index contributed by atoms with van der Waals surface area (Å²) in [5.74, 6) is -4.49. The number of halogens is 5. The molecule has 3 atom stereocenters. The number of carbonyl (C=O) groups excluding carboxylic acids is 2. The van der Waals surface area contributed by atoms with Crippen LogP contribution in [0.15, 0.2) is 41.4 Å². The molecule has 2 saturated carbocycles. The molecule has 0 unspecified atom stereocenters. The van der Waals surface area contributed by atoms with Crippen LogP contribution in [0.2, 0.25) is 0 Å². The summed E-state index contributed by atoms with van der Waals surface area (Å²) < 4.78 is 75.5. The lowest BCUT2D eigenvalue weighted by Gasteiger charge is -2.33. The molecule has 3 aliphatic rings. The number of carbonyl (C=O) groups is 2. The zero-order chi connectivity index (χ0) is 32.3. The maximum absolute atomic E-state index is 14.1. The zero-order valence-electron chi connectivity index (χ0n) is 24.2. The van der Waals surface area contributed by atoms with Crippen molar-refractivity contribution in [3.05, 3.63) is 65.1 Å². The molecule has 1 saturated heterocycles. The van der Waals surface area contributed by atoms with E-state index in [1.165, 1.54) is 29.0 Å². The molecule has 0 aromatic carbocycles. The number of imidazole rings is 1. The summed E-state index contributed by atoms with van der Waals surface area (Å²) in [5, 5.41) is 24.8. The Bertz CT molecular complexity index is 1760. The van der Waals surface area contributed by atoms with Crippen molar-refractivity contribution in [2.45, 2.75) is 86.9 Å². The van der Waals surface area contributed by atoms with Gasteiger partial charge in [0.15, 0.2) is 11.3 Å². The van der Waals surface area contributed by atoms with Crippen molar-refractivity contribution in [2.75, 3.05) is 0 Å². The van der Waals surface area contributed by atoms with Crippen LogP contribution in [0.1, 0.15) is 90.0 Å². The van der Waals surface area contributed by atoms with Gasteiger partial charge in [-0.2, -0.15) is 28.5 Å². The molecule has 4 aromatic heterocycles. The molecule has 12 nitrogen and oxygen atoms in total. The van der Waals surface area contributed by atoms with E-state index in [1.807, 2.05) is 0 Å².